The third-order valence-electron chi connectivity index (χ3n) is 3.98. The number of carbonyl (C=O) groups excluding carboxylic acids is 1. The number of para-hydroxylation sites is 1. The van der Waals surface area contributed by atoms with Crippen molar-refractivity contribution < 1.29 is 18.3 Å². The van der Waals surface area contributed by atoms with Gasteiger partial charge in [0, 0.05) is 30.5 Å². The van der Waals surface area contributed by atoms with Crippen molar-refractivity contribution in [3.05, 3.63) is 54.1 Å². The van der Waals surface area contributed by atoms with Gasteiger partial charge in [-0.2, -0.15) is 0 Å². The van der Waals surface area contributed by atoms with Crippen LogP contribution < -0.4 is 10.6 Å². The molecule has 0 atom stereocenters. The number of hydrogen-bond acceptors (Lipinski definition) is 3. The molecule has 2 aromatic carbocycles. The second kappa shape index (κ2) is 7.40. The van der Waals surface area contributed by atoms with Crippen LogP contribution in [0.25, 0.3) is 0 Å². The van der Waals surface area contributed by atoms with E-state index >= 15 is 0 Å². The Morgan fingerprint density at radius 3 is 2.17 bits per heavy atom. The zero-order chi connectivity index (χ0) is 16.9. The monoisotopic (exact) mass is 332 g/mol. The first-order valence-electron chi connectivity index (χ1n) is 7.83. The standard InChI is InChI=1S/C18H18F2N2O2/c19-15-2-1-3-16(20)17(15)21-13-4-6-14(7-5-13)22-18(23)12-8-10-24-11-9-12/h1-7,12,21H,8-11H2,(H,22,23). The normalized spacial score (nSPS) is 15.1. The van der Waals surface area contributed by atoms with E-state index in [-0.39, 0.29) is 17.5 Å². The SMILES string of the molecule is O=C(Nc1ccc(Nc2c(F)cccc2F)cc1)C1CCOCC1. The molecule has 1 heterocycles. The quantitative estimate of drug-likeness (QED) is 0.887. The van der Waals surface area contributed by atoms with Gasteiger partial charge in [0.05, 0.1) is 0 Å². The molecule has 0 spiro atoms. The molecule has 0 aliphatic carbocycles. The number of halogens is 2. The van der Waals surface area contributed by atoms with Gasteiger partial charge in [-0.15, -0.1) is 0 Å². The average molecular weight is 332 g/mol. The van der Waals surface area contributed by atoms with Gasteiger partial charge in [-0.05, 0) is 49.2 Å². The van der Waals surface area contributed by atoms with Crippen LogP contribution in [0.4, 0.5) is 25.8 Å². The van der Waals surface area contributed by atoms with Crippen molar-refractivity contribution in [1.29, 1.82) is 0 Å². The molecule has 0 unspecified atom stereocenters. The number of ether oxygens (including phenoxy) is 1. The molecule has 0 saturated carbocycles. The van der Waals surface area contributed by atoms with Crippen molar-refractivity contribution in [3.8, 4) is 0 Å². The lowest BCUT2D eigenvalue weighted by Crippen LogP contribution is -2.28. The third kappa shape index (κ3) is 3.89. The number of hydrogen-bond donors (Lipinski definition) is 2. The van der Waals surface area contributed by atoms with E-state index in [1.54, 1.807) is 24.3 Å². The predicted molar refractivity (Wildman–Crippen MR) is 88.3 cm³/mol. The summed E-state index contributed by atoms with van der Waals surface area (Å²) in [7, 11) is 0. The summed E-state index contributed by atoms with van der Waals surface area (Å²) in [6.07, 6.45) is 1.44. The lowest BCUT2D eigenvalue weighted by Gasteiger charge is -2.21. The van der Waals surface area contributed by atoms with Crippen LogP contribution in [-0.4, -0.2) is 19.1 Å². The van der Waals surface area contributed by atoms with E-state index in [0.29, 0.717) is 24.6 Å². The molecule has 6 heteroatoms. The van der Waals surface area contributed by atoms with E-state index in [1.807, 2.05) is 0 Å². The van der Waals surface area contributed by atoms with Gasteiger partial charge < -0.3 is 15.4 Å². The van der Waals surface area contributed by atoms with Crippen LogP contribution >= 0.6 is 0 Å². The molecule has 3 rings (SSSR count). The molecule has 1 amide bonds. The van der Waals surface area contributed by atoms with Crippen LogP contribution in [0.5, 0.6) is 0 Å². The van der Waals surface area contributed by atoms with Gasteiger partial charge >= 0.3 is 0 Å². The van der Waals surface area contributed by atoms with Crippen molar-refractivity contribution in [2.24, 2.45) is 5.92 Å². The molecule has 1 fully saturated rings. The number of anilines is 3. The Morgan fingerprint density at radius 1 is 0.958 bits per heavy atom. The summed E-state index contributed by atoms with van der Waals surface area (Å²) < 4.78 is 32.5. The van der Waals surface area contributed by atoms with Crippen molar-refractivity contribution in [1.82, 2.24) is 0 Å². The molecule has 4 nitrogen and oxygen atoms in total. The second-order valence-corrected chi connectivity index (χ2v) is 5.67. The van der Waals surface area contributed by atoms with Crippen molar-refractivity contribution in [2.75, 3.05) is 23.8 Å². The Balaban J connectivity index is 1.64. The van der Waals surface area contributed by atoms with E-state index in [2.05, 4.69) is 10.6 Å². The molecule has 126 valence electrons. The summed E-state index contributed by atoms with van der Waals surface area (Å²) in [5, 5.41) is 5.56. The Morgan fingerprint density at radius 2 is 1.54 bits per heavy atom. The zero-order valence-corrected chi connectivity index (χ0v) is 13.0. The maximum Gasteiger partial charge on any atom is 0.227 e. The second-order valence-electron chi connectivity index (χ2n) is 5.67. The molecular weight excluding hydrogens is 314 g/mol. The van der Waals surface area contributed by atoms with Gasteiger partial charge in [0.1, 0.15) is 17.3 Å². The maximum absolute atomic E-state index is 13.6. The van der Waals surface area contributed by atoms with E-state index in [0.717, 1.165) is 12.8 Å². The van der Waals surface area contributed by atoms with Gasteiger partial charge in [-0.3, -0.25) is 4.79 Å². The van der Waals surface area contributed by atoms with Crippen molar-refractivity contribution in [3.63, 3.8) is 0 Å². The van der Waals surface area contributed by atoms with Crippen molar-refractivity contribution >= 4 is 23.0 Å². The lowest BCUT2D eigenvalue weighted by atomic mass is 9.99. The van der Waals surface area contributed by atoms with Gasteiger partial charge in [-0.1, -0.05) is 6.07 Å². The van der Waals surface area contributed by atoms with Gasteiger partial charge in [0.25, 0.3) is 0 Å². The van der Waals surface area contributed by atoms with Crippen LogP contribution in [0, 0.1) is 17.6 Å². The highest BCUT2D eigenvalue weighted by Crippen LogP contribution is 2.24. The molecule has 1 saturated heterocycles. The minimum absolute atomic E-state index is 0.0286. The summed E-state index contributed by atoms with van der Waals surface area (Å²) in [4.78, 5) is 12.2. The number of benzene rings is 2. The molecule has 1 aliphatic rings. The average Bonchev–Trinajstić information content (AvgIpc) is 2.60. The number of nitrogens with one attached hydrogen (secondary N) is 2. The maximum atomic E-state index is 13.6. The first-order valence-corrected chi connectivity index (χ1v) is 7.83. The Hall–Kier alpha value is -2.47. The fourth-order valence-electron chi connectivity index (χ4n) is 2.60. The minimum Gasteiger partial charge on any atom is -0.381 e. The molecule has 1 aliphatic heterocycles. The Labute approximate surface area is 138 Å². The summed E-state index contributed by atoms with van der Waals surface area (Å²) >= 11 is 0. The van der Waals surface area contributed by atoms with Crippen LogP contribution in [0.3, 0.4) is 0 Å². The summed E-state index contributed by atoms with van der Waals surface area (Å²) in [6.45, 7) is 1.21. The van der Waals surface area contributed by atoms with Crippen LogP contribution in [-0.2, 0) is 9.53 Å². The van der Waals surface area contributed by atoms with Crippen LogP contribution in [0.1, 0.15) is 12.8 Å². The van der Waals surface area contributed by atoms with Gasteiger partial charge in [0.2, 0.25) is 5.91 Å². The fraction of sp³-hybridized carbons (Fsp3) is 0.278. The highest BCUT2D eigenvalue weighted by molar-refractivity contribution is 5.92. The van der Waals surface area contributed by atoms with Gasteiger partial charge in [-0.25, -0.2) is 8.78 Å². The Bertz CT molecular complexity index is 693. The smallest absolute Gasteiger partial charge is 0.227 e. The molecule has 0 bridgehead atoms. The van der Waals surface area contributed by atoms with Crippen molar-refractivity contribution in [2.45, 2.75) is 12.8 Å². The number of amides is 1. The van der Waals surface area contributed by atoms with Gasteiger partial charge in [0.15, 0.2) is 0 Å². The molecule has 2 N–H and O–H groups in total. The lowest BCUT2D eigenvalue weighted by molar-refractivity contribution is -0.122. The number of rotatable bonds is 4. The van der Waals surface area contributed by atoms with Crippen LogP contribution in [0.15, 0.2) is 42.5 Å². The first-order chi connectivity index (χ1) is 11.6. The van der Waals surface area contributed by atoms with E-state index < -0.39 is 11.6 Å². The largest absolute Gasteiger partial charge is 0.381 e. The molecule has 0 radical (unpaired) electrons. The van der Waals surface area contributed by atoms with E-state index in [4.69, 9.17) is 4.74 Å². The summed E-state index contributed by atoms with van der Waals surface area (Å²) in [5.41, 5.74) is 0.977. The molecule has 2 aromatic rings. The van der Waals surface area contributed by atoms with Crippen LogP contribution in [0.2, 0.25) is 0 Å². The molecule has 24 heavy (non-hydrogen) atoms. The topological polar surface area (TPSA) is 50.4 Å². The number of carbonyl (C=O) groups is 1. The summed E-state index contributed by atoms with van der Waals surface area (Å²) in [5.74, 6) is -1.39. The first kappa shape index (κ1) is 16.4. The molecular formula is C18H18F2N2O2. The fourth-order valence-corrected chi connectivity index (χ4v) is 2.60. The van der Waals surface area contributed by atoms with E-state index in [9.17, 15) is 13.6 Å². The van der Waals surface area contributed by atoms with E-state index in [1.165, 1.54) is 18.2 Å². The summed E-state index contributed by atoms with van der Waals surface area (Å²) in [6, 6.07) is 10.4. The molecule has 0 aromatic heterocycles. The minimum atomic E-state index is -0.660. The highest BCUT2D eigenvalue weighted by Gasteiger charge is 2.21. The third-order valence-corrected chi connectivity index (χ3v) is 3.98. The Kier molecular flexibility index (Phi) is 5.05. The zero-order valence-electron chi connectivity index (χ0n) is 13.0. The highest BCUT2D eigenvalue weighted by atomic mass is 19.1. The predicted octanol–water partition coefficient (Wildman–Crippen LogP) is 4.07.